The Bertz CT molecular complexity index is 1610. The van der Waals surface area contributed by atoms with Gasteiger partial charge in [0.1, 0.15) is 0 Å². The molecule has 1 N–H and O–H groups in total. The molecule has 0 spiro atoms. The van der Waals surface area contributed by atoms with Gasteiger partial charge in [0, 0.05) is 24.4 Å². The smallest absolute Gasteiger partial charge is 0.243 e. The van der Waals surface area contributed by atoms with Crippen LogP contribution < -0.4 is 5.32 Å². The number of nitrogens with one attached hydrogen (secondary N) is 1. The van der Waals surface area contributed by atoms with Gasteiger partial charge < -0.3 is 5.32 Å². The van der Waals surface area contributed by atoms with Crippen LogP contribution in [0.1, 0.15) is 24.0 Å². The van der Waals surface area contributed by atoms with Crippen LogP contribution in [0.5, 0.6) is 0 Å². The SMILES string of the molecule is O=C(Nc1nc2c(cc3c4c(cccc42)CC3)s1)C1CCN(S(=O)(=O)c2ccc(F)c(F)c2)CC1. The number of halogens is 2. The number of rotatable bonds is 4. The van der Waals surface area contributed by atoms with E-state index in [1.54, 1.807) is 0 Å². The molecule has 4 aromatic rings. The molecule has 0 radical (unpaired) electrons. The van der Waals surface area contributed by atoms with Crippen LogP contribution in [-0.2, 0) is 27.7 Å². The van der Waals surface area contributed by atoms with E-state index in [-0.39, 0.29) is 29.8 Å². The maximum Gasteiger partial charge on any atom is 0.243 e. The number of aryl methyl sites for hydroxylation is 2. The van der Waals surface area contributed by atoms with E-state index >= 15 is 0 Å². The molecule has 0 bridgehead atoms. The lowest BCUT2D eigenvalue weighted by Gasteiger charge is -2.30. The van der Waals surface area contributed by atoms with Crippen molar-refractivity contribution in [3.63, 3.8) is 0 Å². The second kappa shape index (κ2) is 8.32. The fourth-order valence-electron chi connectivity index (χ4n) is 5.11. The summed E-state index contributed by atoms with van der Waals surface area (Å²) < 4.78 is 54.6. The van der Waals surface area contributed by atoms with Gasteiger partial charge in [-0.05, 0) is 66.5 Å². The van der Waals surface area contributed by atoms with E-state index in [0.717, 1.165) is 40.6 Å². The van der Waals surface area contributed by atoms with Crippen molar-refractivity contribution in [1.29, 1.82) is 0 Å². The predicted molar refractivity (Wildman–Crippen MR) is 131 cm³/mol. The summed E-state index contributed by atoms with van der Waals surface area (Å²) in [5.74, 6) is -2.86. The van der Waals surface area contributed by atoms with Crippen molar-refractivity contribution in [3.05, 3.63) is 65.2 Å². The van der Waals surface area contributed by atoms with E-state index in [2.05, 4.69) is 23.5 Å². The summed E-state index contributed by atoms with van der Waals surface area (Å²) in [5.41, 5.74) is 3.54. The van der Waals surface area contributed by atoms with Crippen molar-refractivity contribution in [1.82, 2.24) is 9.29 Å². The first kappa shape index (κ1) is 22.5. The lowest BCUT2D eigenvalue weighted by Crippen LogP contribution is -2.41. The van der Waals surface area contributed by atoms with E-state index < -0.39 is 21.7 Å². The Morgan fingerprint density at radius 1 is 1.03 bits per heavy atom. The summed E-state index contributed by atoms with van der Waals surface area (Å²) in [6.45, 7) is 0.242. The second-order valence-electron chi connectivity index (χ2n) is 8.98. The van der Waals surface area contributed by atoms with Crippen LogP contribution in [0, 0.1) is 17.6 Å². The molecule has 1 amide bonds. The second-order valence-corrected chi connectivity index (χ2v) is 12.0. The summed E-state index contributed by atoms with van der Waals surface area (Å²) in [4.78, 5) is 17.4. The molecule has 1 aliphatic heterocycles. The van der Waals surface area contributed by atoms with E-state index in [0.29, 0.717) is 24.0 Å². The van der Waals surface area contributed by atoms with Gasteiger partial charge in [-0.2, -0.15) is 4.31 Å². The normalized spacial score (nSPS) is 16.9. The maximum absolute atomic E-state index is 13.5. The molecule has 6 rings (SSSR count). The van der Waals surface area contributed by atoms with Gasteiger partial charge in [0.25, 0.3) is 0 Å². The number of hydrogen-bond acceptors (Lipinski definition) is 5. The molecule has 1 fully saturated rings. The number of anilines is 1. The number of sulfonamides is 1. The van der Waals surface area contributed by atoms with E-state index in [1.165, 1.54) is 32.2 Å². The van der Waals surface area contributed by atoms with Crippen LogP contribution in [0.25, 0.3) is 21.0 Å². The summed E-state index contributed by atoms with van der Waals surface area (Å²) in [6, 6.07) is 11.0. The molecule has 1 aromatic heterocycles. The van der Waals surface area contributed by atoms with Crippen LogP contribution in [0.15, 0.2) is 47.4 Å². The predicted octanol–water partition coefficient (Wildman–Crippen LogP) is 4.87. The highest BCUT2D eigenvalue weighted by Gasteiger charge is 2.33. The molecule has 0 saturated carbocycles. The number of amides is 1. The zero-order valence-electron chi connectivity index (χ0n) is 18.6. The molecule has 2 heterocycles. The Morgan fingerprint density at radius 3 is 2.57 bits per heavy atom. The lowest BCUT2D eigenvalue weighted by atomic mass is 9.97. The third-order valence-corrected chi connectivity index (χ3v) is 9.75. The minimum atomic E-state index is -3.96. The number of piperidine rings is 1. The van der Waals surface area contributed by atoms with Gasteiger partial charge in [-0.3, -0.25) is 4.79 Å². The summed E-state index contributed by atoms with van der Waals surface area (Å²) in [6.07, 6.45) is 2.71. The zero-order chi connectivity index (χ0) is 24.3. The third-order valence-electron chi connectivity index (χ3n) is 6.93. The van der Waals surface area contributed by atoms with Crippen LogP contribution in [0.3, 0.4) is 0 Å². The first-order chi connectivity index (χ1) is 16.8. The zero-order valence-corrected chi connectivity index (χ0v) is 20.2. The number of aromatic nitrogens is 1. The summed E-state index contributed by atoms with van der Waals surface area (Å²) in [5, 5.41) is 5.85. The average molecular weight is 514 g/mol. The van der Waals surface area contributed by atoms with Gasteiger partial charge in [-0.1, -0.05) is 29.5 Å². The van der Waals surface area contributed by atoms with Gasteiger partial charge in [0.15, 0.2) is 16.8 Å². The van der Waals surface area contributed by atoms with Gasteiger partial charge in [-0.25, -0.2) is 22.2 Å². The van der Waals surface area contributed by atoms with Crippen molar-refractivity contribution < 1.29 is 22.0 Å². The maximum atomic E-state index is 13.5. The molecular weight excluding hydrogens is 492 g/mol. The first-order valence-electron chi connectivity index (χ1n) is 11.4. The molecule has 0 atom stereocenters. The van der Waals surface area contributed by atoms with Crippen LogP contribution in [-0.4, -0.2) is 36.7 Å². The number of carbonyl (C=O) groups excluding carboxylic acids is 1. The Balaban J connectivity index is 1.16. The Morgan fingerprint density at radius 2 is 1.80 bits per heavy atom. The van der Waals surface area contributed by atoms with Crippen LogP contribution >= 0.6 is 11.3 Å². The standard InChI is InChI=1S/C25H21F2N3O3S2/c26-19-7-6-17(13-20(19)27)35(32,33)30-10-8-15(9-11-30)24(31)29-25-28-23-18-3-1-2-14-4-5-16(22(14)18)12-21(23)34-25/h1-3,6-7,12-13,15H,4-5,8-11H2,(H,28,29,31). The van der Waals surface area contributed by atoms with Gasteiger partial charge in [0.05, 0.1) is 15.1 Å². The Kier molecular flexibility index (Phi) is 5.35. The molecule has 1 saturated heterocycles. The summed E-state index contributed by atoms with van der Waals surface area (Å²) >= 11 is 1.45. The molecule has 2 aliphatic rings. The van der Waals surface area contributed by atoms with Crippen LogP contribution in [0.4, 0.5) is 13.9 Å². The molecule has 3 aromatic carbocycles. The quantitative estimate of drug-likeness (QED) is 0.423. The minimum Gasteiger partial charge on any atom is -0.302 e. The molecule has 6 nitrogen and oxygen atoms in total. The number of hydrogen-bond donors (Lipinski definition) is 1. The third kappa shape index (κ3) is 3.80. The first-order valence-corrected chi connectivity index (χ1v) is 13.7. The molecule has 180 valence electrons. The number of thiazole rings is 1. The van der Waals surface area contributed by atoms with Gasteiger partial charge >= 0.3 is 0 Å². The average Bonchev–Trinajstić information content (AvgIpc) is 3.46. The van der Waals surface area contributed by atoms with Gasteiger partial charge in [0.2, 0.25) is 15.9 Å². The van der Waals surface area contributed by atoms with E-state index in [4.69, 9.17) is 4.98 Å². The topological polar surface area (TPSA) is 79.4 Å². The largest absolute Gasteiger partial charge is 0.302 e. The van der Waals surface area contributed by atoms with Crippen LogP contribution in [0.2, 0.25) is 0 Å². The number of fused-ring (bicyclic) bond motifs is 2. The van der Waals surface area contributed by atoms with Crippen molar-refractivity contribution in [2.24, 2.45) is 5.92 Å². The monoisotopic (exact) mass is 513 g/mol. The Hall–Kier alpha value is -2.95. The minimum absolute atomic E-state index is 0.121. The number of benzene rings is 3. The van der Waals surface area contributed by atoms with Crippen molar-refractivity contribution in [2.45, 2.75) is 30.6 Å². The van der Waals surface area contributed by atoms with Gasteiger partial charge in [-0.15, -0.1) is 0 Å². The number of carbonyl (C=O) groups is 1. The van der Waals surface area contributed by atoms with E-state index in [1.807, 2.05) is 6.07 Å². The highest BCUT2D eigenvalue weighted by atomic mass is 32.2. The molecule has 35 heavy (non-hydrogen) atoms. The highest BCUT2D eigenvalue weighted by molar-refractivity contribution is 7.89. The van der Waals surface area contributed by atoms with E-state index in [9.17, 15) is 22.0 Å². The Labute approximate surface area is 204 Å². The fraction of sp³-hybridized carbons (Fsp3) is 0.280. The molecule has 1 aliphatic carbocycles. The van der Waals surface area contributed by atoms with Crippen molar-refractivity contribution in [3.8, 4) is 0 Å². The molecular formula is C25H21F2N3O3S2. The highest BCUT2D eigenvalue weighted by Crippen LogP contribution is 2.39. The van der Waals surface area contributed by atoms with Crippen molar-refractivity contribution in [2.75, 3.05) is 18.4 Å². The lowest BCUT2D eigenvalue weighted by molar-refractivity contribution is -0.120. The fourth-order valence-corrected chi connectivity index (χ4v) is 7.54. The molecule has 10 heteroatoms. The molecule has 0 unspecified atom stereocenters. The summed E-state index contributed by atoms with van der Waals surface area (Å²) in [7, 11) is -3.96. The van der Waals surface area contributed by atoms with Crippen molar-refractivity contribution >= 4 is 53.4 Å². The number of nitrogens with zero attached hydrogens (tertiary/aromatic N) is 2.